The number of alkyl halides is 3. The van der Waals surface area contributed by atoms with E-state index in [4.69, 9.17) is 11.6 Å². The highest BCUT2D eigenvalue weighted by atomic mass is 35.5. The Balaban J connectivity index is 1.75. The van der Waals surface area contributed by atoms with E-state index in [-0.39, 0.29) is 41.8 Å². The van der Waals surface area contributed by atoms with E-state index in [9.17, 15) is 27.6 Å². The number of carbonyl (C=O) groups excluding carboxylic acids is 3. The van der Waals surface area contributed by atoms with Crippen molar-refractivity contribution in [2.45, 2.75) is 44.7 Å². The van der Waals surface area contributed by atoms with Gasteiger partial charge in [0, 0.05) is 25.8 Å². The van der Waals surface area contributed by atoms with Crippen LogP contribution >= 0.6 is 11.6 Å². The summed E-state index contributed by atoms with van der Waals surface area (Å²) in [6, 6.07) is 2.73. The molecule has 1 saturated heterocycles. The van der Waals surface area contributed by atoms with E-state index in [2.05, 4.69) is 5.32 Å². The van der Waals surface area contributed by atoms with Gasteiger partial charge in [-0.05, 0) is 31.0 Å². The number of carbonyl (C=O) groups is 3. The third-order valence-corrected chi connectivity index (χ3v) is 4.34. The van der Waals surface area contributed by atoms with Crippen LogP contribution in [-0.4, -0.2) is 29.2 Å². The zero-order chi connectivity index (χ0) is 19.3. The first-order valence-electron chi connectivity index (χ1n) is 8.18. The molecule has 3 amide bonds. The first-order chi connectivity index (χ1) is 12.2. The summed E-state index contributed by atoms with van der Waals surface area (Å²) >= 11 is 5.82. The molecule has 1 aliphatic rings. The summed E-state index contributed by atoms with van der Waals surface area (Å²) in [5.41, 5.74) is -0.975. The highest BCUT2D eigenvalue weighted by Gasteiger charge is 2.31. The Labute approximate surface area is 153 Å². The topological polar surface area (TPSA) is 66.5 Å². The van der Waals surface area contributed by atoms with E-state index in [1.165, 1.54) is 4.90 Å². The second-order valence-corrected chi connectivity index (χ2v) is 6.40. The highest BCUT2D eigenvalue weighted by molar-refractivity contribution is 6.33. The number of likely N-dealkylation sites (tertiary alicyclic amines) is 1. The van der Waals surface area contributed by atoms with Crippen LogP contribution in [0.2, 0.25) is 5.02 Å². The minimum Gasteiger partial charge on any atom is -0.325 e. The van der Waals surface area contributed by atoms with Crippen molar-refractivity contribution in [3.63, 3.8) is 0 Å². The molecule has 1 fully saturated rings. The number of nitrogens with one attached hydrogen (secondary N) is 1. The quantitative estimate of drug-likeness (QED) is 0.565. The van der Waals surface area contributed by atoms with E-state index < -0.39 is 17.6 Å². The normalized spacial score (nSPS) is 14.8. The molecule has 0 unspecified atom stereocenters. The molecule has 9 heteroatoms. The molecule has 2 rings (SSSR count). The van der Waals surface area contributed by atoms with Crippen molar-refractivity contribution in [1.82, 2.24) is 4.90 Å². The molecule has 1 aromatic rings. The van der Waals surface area contributed by atoms with Crippen LogP contribution in [0.5, 0.6) is 0 Å². The van der Waals surface area contributed by atoms with Crippen LogP contribution < -0.4 is 5.32 Å². The number of halogens is 4. The molecular formula is C17H18ClF3N2O3. The SMILES string of the molecule is O=C(CCCCCN1C(=O)CCC1=O)Nc1cc(C(F)(F)F)ccc1Cl. The molecule has 0 atom stereocenters. The number of rotatable bonds is 7. The smallest absolute Gasteiger partial charge is 0.325 e. The number of nitrogens with zero attached hydrogens (tertiary/aromatic N) is 1. The Kier molecular flexibility index (Phi) is 6.63. The van der Waals surface area contributed by atoms with E-state index in [1.54, 1.807) is 0 Å². The molecule has 142 valence electrons. The van der Waals surface area contributed by atoms with Crippen LogP contribution in [0.4, 0.5) is 18.9 Å². The second kappa shape index (κ2) is 8.53. The zero-order valence-electron chi connectivity index (χ0n) is 13.9. The Morgan fingerprint density at radius 2 is 1.77 bits per heavy atom. The maximum atomic E-state index is 12.7. The van der Waals surface area contributed by atoms with Gasteiger partial charge in [-0.1, -0.05) is 18.0 Å². The number of imide groups is 1. The number of hydrogen-bond donors (Lipinski definition) is 1. The molecule has 1 heterocycles. The lowest BCUT2D eigenvalue weighted by atomic mass is 10.1. The fraction of sp³-hybridized carbons (Fsp3) is 0.471. The third kappa shape index (κ3) is 5.45. The number of anilines is 1. The first-order valence-corrected chi connectivity index (χ1v) is 8.56. The average molecular weight is 391 g/mol. The summed E-state index contributed by atoms with van der Waals surface area (Å²) in [6.45, 7) is 0.332. The molecule has 0 spiro atoms. The van der Waals surface area contributed by atoms with Crippen LogP contribution in [0.15, 0.2) is 18.2 Å². The Hall–Kier alpha value is -2.09. The third-order valence-electron chi connectivity index (χ3n) is 4.01. The van der Waals surface area contributed by atoms with Crippen LogP contribution in [0.25, 0.3) is 0 Å². The molecule has 0 saturated carbocycles. The van der Waals surface area contributed by atoms with Crippen molar-refractivity contribution in [2.75, 3.05) is 11.9 Å². The number of benzene rings is 1. The molecule has 0 aliphatic carbocycles. The molecule has 26 heavy (non-hydrogen) atoms. The van der Waals surface area contributed by atoms with Crippen molar-refractivity contribution in [1.29, 1.82) is 0 Å². The lowest BCUT2D eigenvalue weighted by Crippen LogP contribution is -2.29. The van der Waals surface area contributed by atoms with Gasteiger partial charge in [-0.2, -0.15) is 13.2 Å². The largest absolute Gasteiger partial charge is 0.416 e. The maximum absolute atomic E-state index is 12.7. The van der Waals surface area contributed by atoms with E-state index in [0.717, 1.165) is 18.2 Å². The lowest BCUT2D eigenvalue weighted by molar-refractivity contribution is -0.139. The van der Waals surface area contributed by atoms with E-state index in [1.807, 2.05) is 0 Å². The predicted molar refractivity (Wildman–Crippen MR) is 89.5 cm³/mol. The van der Waals surface area contributed by atoms with Gasteiger partial charge in [0.05, 0.1) is 16.3 Å². The fourth-order valence-electron chi connectivity index (χ4n) is 2.61. The van der Waals surface area contributed by atoms with Crippen molar-refractivity contribution in [3.05, 3.63) is 28.8 Å². The zero-order valence-corrected chi connectivity index (χ0v) is 14.6. The van der Waals surface area contributed by atoms with Crippen LogP contribution in [0.1, 0.15) is 44.1 Å². The molecule has 0 bridgehead atoms. The number of unbranched alkanes of at least 4 members (excludes halogenated alkanes) is 2. The molecule has 1 aromatic carbocycles. The van der Waals surface area contributed by atoms with Gasteiger partial charge in [0.1, 0.15) is 0 Å². The molecule has 1 N–H and O–H groups in total. The Bertz CT molecular complexity index is 691. The summed E-state index contributed by atoms with van der Waals surface area (Å²) in [5, 5.41) is 2.40. The summed E-state index contributed by atoms with van der Waals surface area (Å²) in [6.07, 6.45) is -2.24. The van der Waals surface area contributed by atoms with Crippen molar-refractivity contribution < 1.29 is 27.6 Å². The van der Waals surface area contributed by atoms with Gasteiger partial charge in [-0.15, -0.1) is 0 Å². The molecular weight excluding hydrogens is 373 g/mol. The molecule has 1 aliphatic heterocycles. The van der Waals surface area contributed by atoms with Gasteiger partial charge in [-0.25, -0.2) is 0 Å². The van der Waals surface area contributed by atoms with E-state index in [0.29, 0.717) is 25.8 Å². The molecule has 5 nitrogen and oxygen atoms in total. The van der Waals surface area contributed by atoms with Gasteiger partial charge in [0.2, 0.25) is 17.7 Å². The maximum Gasteiger partial charge on any atom is 0.416 e. The van der Waals surface area contributed by atoms with Crippen LogP contribution in [-0.2, 0) is 20.6 Å². The van der Waals surface area contributed by atoms with Crippen LogP contribution in [0, 0.1) is 0 Å². The van der Waals surface area contributed by atoms with Gasteiger partial charge < -0.3 is 5.32 Å². The lowest BCUT2D eigenvalue weighted by Gasteiger charge is -2.13. The van der Waals surface area contributed by atoms with Gasteiger partial charge in [0.15, 0.2) is 0 Å². The minimum atomic E-state index is -4.52. The first kappa shape index (κ1) is 20.2. The van der Waals surface area contributed by atoms with Crippen molar-refractivity contribution in [3.8, 4) is 0 Å². The summed E-state index contributed by atoms with van der Waals surface area (Å²) in [7, 11) is 0. The van der Waals surface area contributed by atoms with Gasteiger partial charge in [-0.3, -0.25) is 19.3 Å². The summed E-state index contributed by atoms with van der Waals surface area (Å²) in [4.78, 5) is 36.0. The van der Waals surface area contributed by atoms with Gasteiger partial charge in [0.25, 0.3) is 0 Å². The average Bonchev–Trinajstić information content (AvgIpc) is 2.87. The molecule has 0 aromatic heterocycles. The minimum absolute atomic E-state index is 0.0254. The Morgan fingerprint density at radius 1 is 1.12 bits per heavy atom. The summed E-state index contributed by atoms with van der Waals surface area (Å²) < 4.78 is 38.1. The summed E-state index contributed by atoms with van der Waals surface area (Å²) in [5.74, 6) is -0.793. The number of hydrogen-bond acceptors (Lipinski definition) is 3. The van der Waals surface area contributed by atoms with E-state index >= 15 is 0 Å². The Morgan fingerprint density at radius 3 is 2.38 bits per heavy atom. The fourth-order valence-corrected chi connectivity index (χ4v) is 2.78. The monoisotopic (exact) mass is 390 g/mol. The molecule has 0 radical (unpaired) electrons. The second-order valence-electron chi connectivity index (χ2n) is 5.99. The number of amides is 3. The van der Waals surface area contributed by atoms with Crippen molar-refractivity contribution >= 4 is 35.0 Å². The van der Waals surface area contributed by atoms with Crippen molar-refractivity contribution in [2.24, 2.45) is 0 Å². The highest BCUT2D eigenvalue weighted by Crippen LogP contribution is 2.33. The van der Waals surface area contributed by atoms with Crippen LogP contribution in [0.3, 0.4) is 0 Å². The van der Waals surface area contributed by atoms with Gasteiger partial charge >= 0.3 is 6.18 Å². The standard InChI is InChI=1S/C17H18ClF3N2O3/c18-12-6-5-11(17(19,20)21)10-13(12)22-14(24)4-2-1-3-9-23-15(25)7-8-16(23)26/h5-6,10H,1-4,7-9H2,(H,22,24). The predicted octanol–water partition coefficient (Wildman–Crippen LogP) is 4.01.